The van der Waals surface area contributed by atoms with Gasteiger partial charge in [0.25, 0.3) is 5.91 Å². The highest BCUT2D eigenvalue weighted by atomic mass is 19.1. The molecular formula is C32H47FN6O6. The molecule has 2 aromatic rings. The van der Waals surface area contributed by atoms with E-state index in [4.69, 9.17) is 14.2 Å². The van der Waals surface area contributed by atoms with Crippen LogP contribution in [0.4, 0.5) is 9.18 Å². The minimum atomic E-state index is -0.732. The molecule has 45 heavy (non-hydrogen) atoms. The van der Waals surface area contributed by atoms with Gasteiger partial charge in [0.15, 0.2) is 5.69 Å². The van der Waals surface area contributed by atoms with Gasteiger partial charge in [-0.3, -0.25) is 9.59 Å². The quantitative estimate of drug-likeness (QED) is 0.365. The lowest BCUT2D eigenvalue weighted by Crippen LogP contribution is -2.59. The number of morpholine rings is 1. The summed E-state index contributed by atoms with van der Waals surface area (Å²) in [6, 6.07) is 5.42. The molecule has 2 fully saturated rings. The zero-order valence-electron chi connectivity index (χ0n) is 27.3. The van der Waals surface area contributed by atoms with Gasteiger partial charge in [-0.05, 0) is 72.4 Å². The first-order chi connectivity index (χ1) is 21.4. The number of nitrogens with zero attached hydrogens (tertiary/aromatic N) is 6. The van der Waals surface area contributed by atoms with Crippen molar-refractivity contribution in [2.24, 2.45) is 5.92 Å². The smallest absolute Gasteiger partial charge is 0.410 e. The minimum Gasteiger partial charge on any atom is -0.444 e. The number of halogens is 1. The molecule has 4 rings (SSSR count). The monoisotopic (exact) mass is 630 g/mol. The Morgan fingerprint density at radius 2 is 1.80 bits per heavy atom. The van der Waals surface area contributed by atoms with Gasteiger partial charge in [0.1, 0.15) is 17.1 Å². The zero-order chi connectivity index (χ0) is 32.7. The van der Waals surface area contributed by atoms with Crippen LogP contribution in [0.5, 0.6) is 0 Å². The number of hydrogen-bond acceptors (Lipinski definition) is 8. The molecule has 0 spiro atoms. The van der Waals surface area contributed by atoms with Crippen molar-refractivity contribution in [1.29, 1.82) is 0 Å². The molecule has 2 aliphatic heterocycles. The van der Waals surface area contributed by atoms with Crippen molar-refractivity contribution in [3.8, 4) is 5.69 Å². The Labute approximate surface area is 264 Å². The minimum absolute atomic E-state index is 0.0722. The van der Waals surface area contributed by atoms with Crippen LogP contribution in [0.2, 0.25) is 0 Å². The maximum Gasteiger partial charge on any atom is 0.410 e. The van der Waals surface area contributed by atoms with Gasteiger partial charge in [0.05, 0.1) is 30.9 Å². The highest BCUT2D eigenvalue weighted by Crippen LogP contribution is 2.29. The molecule has 2 saturated heterocycles. The fraction of sp³-hybridized carbons (Fsp3) is 0.656. The third kappa shape index (κ3) is 8.57. The van der Waals surface area contributed by atoms with Crippen LogP contribution in [0, 0.1) is 11.7 Å². The molecule has 0 saturated carbocycles. The van der Waals surface area contributed by atoms with Crippen LogP contribution < -0.4 is 0 Å². The molecule has 0 N–H and O–H groups in total. The molecule has 13 heteroatoms. The Balaban J connectivity index is 1.69. The highest BCUT2D eigenvalue weighted by Gasteiger charge is 2.42. The number of aromatic nitrogens is 3. The Bertz CT molecular complexity index is 1320. The number of amides is 3. The number of unbranched alkanes of at least 4 members (excludes halogenated alkanes) is 1. The normalized spacial score (nSPS) is 19.1. The number of carbonyl (C=O) groups is 3. The van der Waals surface area contributed by atoms with E-state index in [1.54, 1.807) is 55.9 Å². The van der Waals surface area contributed by atoms with Gasteiger partial charge in [-0.1, -0.05) is 17.3 Å². The largest absolute Gasteiger partial charge is 0.444 e. The molecular weight excluding hydrogens is 583 g/mol. The molecule has 1 aromatic carbocycles. The Kier molecular flexibility index (Phi) is 11.5. The van der Waals surface area contributed by atoms with E-state index in [2.05, 4.69) is 10.3 Å². The predicted octanol–water partition coefficient (Wildman–Crippen LogP) is 3.71. The van der Waals surface area contributed by atoms with Crippen LogP contribution in [-0.4, -0.2) is 118 Å². The van der Waals surface area contributed by atoms with Crippen molar-refractivity contribution in [3.05, 3.63) is 41.5 Å². The van der Waals surface area contributed by atoms with Crippen LogP contribution in [0.3, 0.4) is 0 Å². The van der Waals surface area contributed by atoms with E-state index in [-0.39, 0.29) is 42.3 Å². The molecule has 2 aliphatic rings. The van der Waals surface area contributed by atoms with Gasteiger partial charge < -0.3 is 28.9 Å². The summed E-state index contributed by atoms with van der Waals surface area (Å²) < 4.78 is 32.6. The first kappa shape index (κ1) is 34.3. The topological polar surface area (TPSA) is 119 Å². The average Bonchev–Trinajstić information content (AvgIpc) is 3.42. The van der Waals surface area contributed by atoms with Crippen molar-refractivity contribution in [2.75, 3.05) is 53.1 Å². The lowest BCUT2D eigenvalue weighted by atomic mass is 9.91. The van der Waals surface area contributed by atoms with E-state index in [9.17, 15) is 18.8 Å². The van der Waals surface area contributed by atoms with Gasteiger partial charge in [0.2, 0.25) is 5.91 Å². The second kappa shape index (κ2) is 15.1. The second-order valence-electron chi connectivity index (χ2n) is 12.9. The van der Waals surface area contributed by atoms with Gasteiger partial charge in [-0.25, -0.2) is 13.9 Å². The maximum atomic E-state index is 14.9. The first-order valence-electron chi connectivity index (χ1n) is 15.8. The molecule has 0 bridgehead atoms. The summed E-state index contributed by atoms with van der Waals surface area (Å²) in [5, 5.41) is 8.52. The average molecular weight is 631 g/mol. The number of benzene rings is 1. The van der Waals surface area contributed by atoms with Gasteiger partial charge in [-0.2, -0.15) is 0 Å². The molecule has 12 nitrogen and oxygen atoms in total. The third-order valence-corrected chi connectivity index (χ3v) is 7.99. The van der Waals surface area contributed by atoms with Crippen LogP contribution >= 0.6 is 0 Å². The number of hydrogen-bond donors (Lipinski definition) is 0. The number of likely N-dealkylation sites (tertiary alicyclic amines) is 1. The van der Waals surface area contributed by atoms with Crippen molar-refractivity contribution in [2.45, 2.75) is 78.0 Å². The number of para-hydroxylation sites is 1. The summed E-state index contributed by atoms with van der Waals surface area (Å²) in [6.07, 6.45) is 1.66. The van der Waals surface area contributed by atoms with E-state index in [0.29, 0.717) is 57.9 Å². The summed E-state index contributed by atoms with van der Waals surface area (Å²) in [5.41, 5.74) is 0.0822. The lowest BCUT2D eigenvalue weighted by Gasteiger charge is -2.44. The molecule has 0 aliphatic carbocycles. The number of ether oxygens (including phenoxy) is 3. The SMILES string of the molecule is COCCCCc1c(C(=O)N(C(C)C)[C@H]2C[C@@H](C(=O)N3CCOCC3)CN(C(=O)OC(C)(C)C)C2)nnn1-c1ccccc1F. The van der Waals surface area contributed by atoms with E-state index in [0.717, 1.165) is 6.42 Å². The second-order valence-corrected chi connectivity index (χ2v) is 12.9. The number of piperidine rings is 1. The Hall–Kier alpha value is -3.58. The van der Waals surface area contributed by atoms with E-state index in [1.807, 2.05) is 13.8 Å². The van der Waals surface area contributed by atoms with Gasteiger partial charge >= 0.3 is 6.09 Å². The van der Waals surface area contributed by atoms with Crippen LogP contribution in [0.25, 0.3) is 5.69 Å². The Morgan fingerprint density at radius 3 is 2.44 bits per heavy atom. The summed E-state index contributed by atoms with van der Waals surface area (Å²) in [4.78, 5) is 46.5. The highest BCUT2D eigenvalue weighted by molar-refractivity contribution is 5.94. The molecule has 0 unspecified atom stereocenters. The summed E-state index contributed by atoms with van der Waals surface area (Å²) in [5.74, 6) is -1.48. The molecule has 248 valence electrons. The number of rotatable bonds is 10. The zero-order valence-corrected chi connectivity index (χ0v) is 27.3. The number of carbonyl (C=O) groups excluding carboxylic acids is 3. The van der Waals surface area contributed by atoms with Gasteiger partial charge in [0, 0.05) is 45.9 Å². The Morgan fingerprint density at radius 1 is 1.09 bits per heavy atom. The molecule has 2 atom stereocenters. The van der Waals surface area contributed by atoms with E-state index in [1.165, 1.54) is 15.6 Å². The predicted molar refractivity (Wildman–Crippen MR) is 165 cm³/mol. The summed E-state index contributed by atoms with van der Waals surface area (Å²) >= 11 is 0. The molecule has 0 radical (unpaired) electrons. The van der Waals surface area contributed by atoms with Crippen molar-refractivity contribution in [3.63, 3.8) is 0 Å². The molecule has 3 heterocycles. The van der Waals surface area contributed by atoms with Crippen LogP contribution in [0.1, 0.15) is 70.1 Å². The number of methoxy groups -OCH3 is 1. The van der Waals surface area contributed by atoms with Crippen molar-refractivity contribution in [1.82, 2.24) is 29.7 Å². The standard InChI is InChI=1S/C32H47FN6O6/c1-22(2)38(30(41)28-27(13-9-10-16-43-6)39(35-34-28)26-12-8-7-11-25(26)33)24-19-23(29(40)36-14-17-44-18-15-36)20-37(21-24)31(42)45-32(3,4)5/h7-8,11-12,22-24H,9-10,13-21H2,1-6H3/t23-,24+/m1/s1. The first-order valence-corrected chi connectivity index (χ1v) is 15.8. The summed E-state index contributed by atoms with van der Waals surface area (Å²) in [6.45, 7) is 12.0. The third-order valence-electron chi connectivity index (χ3n) is 7.99. The van der Waals surface area contributed by atoms with E-state index < -0.39 is 29.5 Å². The molecule has 1 aromatic heterocycles. The van der Waals surface area contributed by atoms with Crippen molar-refractivity contribution < 1.29 is 33.0 Å². The van der Waals surface area contributed by atoms with Crippen LogP contribution in [0.15, 0.2) is 24.3 Å². The fourth-order valence-electron chi connectivity index (χ4n) is 5.96. The van der Waals surface area contributed by atoms with E-state index >= 15 is 0 Å². The van der Waals surface area contributed by atoms with Crippen LogP contribution in [-0.2, 0) is 25.4 Å². The fourth-order valence-corrected chi connectivity index (χ4v) is 5.96. The summed E-state index contributed by atoms with van der Waals surface area (Å²) in [7, 11) is 1.63. The van der Waals surface area contributed by atoms with Gasteiger partial charge in [-0.15, -0.1) is 5.10 Å². The van der Waals surface area contributed by atoms with Crippen molar-refractivity contribution >= 4 is 17.9 Å². The maximum absolute atomic E-state index is 14.9. The lowest BCUT2D eigenvalue weighted by molar-refractivity contribution is -0.142. The molecule has 3 amide bonds.